The monoisotopic (exact) mass is 233 g/mol. The molecule has 1 aliphatic heterocycles. The maximum absolute atomic E-state index is 11.6. The Morgan fingerprint density at radius 1 is 1.47 bits per heavy atom. The lowest BCUT2D eigenvalue weighted by Crippen LogP contribution is -2.38. The van der Waals surface area contributed by atoms with Crippen molar-refractivity contribution in [2.24, 2.45) is 5.92 Å². The predicted molar refractivity (Wildman–Crippen MR) is 64.1 cm³/mol. The van der Waals surface area contributed by atoms with Crippen LogP contribution < -0.4 is 4.72 Å². The predicted octanol–water partition coefficient (Wildman–Crippen LogP) is 1.85. The molecule has 0 spiro atoms. The highest BCUT2D eigenvalue weighted by Gasteiger charge is 2.21. The molecule has 90 valence electrons. The van der Waals surface area contributed by atoms with Crippen molar-refractivity contribution in [3.8, 4) is 0 Å². The first-order valence-electron chi connectivity index (χ1n) is 5.96. The quantitative estimate of drug-likeness (QED) is 0.760. The minimum Gasteiger partial charge on any atom is -0.381 e. The molecule has 1 N–H and O–H groups in total. The van der Waals surface area contributed by atoms with Crippen LogP contribution in [0.3, 0.4) is 0 Å². The van der Waals surface area contributed by atoms with E-state index in [0.717, 1.165) is 44.6 Å². The summed E-state index contributed by atoms with van der Waals surface area (Å²) < 4.78 is 20.1. The van der Waals surface area contributed by atoms with Gasteiger partial charge in [-0.2, -0.15) is 0 Å². The van der Waals surface area contributed by atoms with Crippen LogP contribution in [0.25, 0.3) is 0 Å². The highest BCUT2D eigenvalue weighted by Crippen LogP contribution is 2.18. The zero-order chi connectivity index (χ0) is 11.1. The summed E-state index contributed by atoms with van der Waals surface area (Å²) in [5.74, 6) is 1.41. The molecule has 0 bridgehead atoms. The van der Waals surface area contributed by atoms with Crippen molar-refractivity contribution in [1.82, 2.24) is 4.72 Å². The van der Waals surface area contributed by atoms with Gasteiger partial charge in [0, 0.05) is 25.0 Å². The van der Waals surface area contributed by atoms with E-state index in [4.69, 9.17) is 4.74 Å². The Hall–Kier alpha value is 0.0700. The average Bonchev–Trinajstić information content (AvgIpc) is 2.27. The number of hydrogen-bond acceptors (Lipinski definition) is 2. The fourth-order valence-corrected chi connectivity index (χ4v) is 3.13. The van der Waals surface area contributed by atoms with Gasteiger partial charge in [-0.25, -0.2) is 8.93 Å². The first kappa shape index (κ1) is 13.1. The molecule has 1 heterocycles. The van der Waals surface area contributed by atoms with Crippen molar-refractivity contribution in [3.63, 3.8) is 0 Å². The van der Waals surface area contributed by atoms with Gasteiger partial charge >= 0.3 is 0 Å². The maximum atomic E-state index is 11.6. The molecular formula is C11H23NO2S. The number of rotatable bonds is 6. The van der Waals surface area contributed by atoms with Gasteiger partial charge in [0.2, 0.25) is 0 Å². The molecule has 0 aromatic heterocycles. The van der Waals surface area contributed by atoms with E-state index >= 15 is 0 Å². The van der Waals surface area contributed by atoms with E-state index in [1.807, 2.05) is 0 Å². The minimum atomic E-state index is -0.842. The summed E-state index contributed by atoms with van der Waals surface area (Å²) in [4.78, 5) is 0. The zero-order valence-electron chi connectivity index (χ0n) is 9.83. The van der Waals surface area contributed by atoms with Crippen molar-refractivity contribution in [3.05, 3.63) is 0 Å². The SMILES string of the molecule is CCCCS(=O)NC(C)C1CCOCC1. The normalized spacial score (nSPS) is 22.5. The summed E-state index contributed by atoms with van der Waals surface area (Å²) in [5, 5.41) is 0. The molecule has 0 amide bonds. The highest BCUT2D eigenvalue weighted by molar-refractivity contribution is 7.83. The number of unbranched alkanes of at least 4 members (excludes halogenated alkanes) is 1. The molecule has 0 aromatic carbocycles. The molecule has 15 heavy (non-hydrogen) atoms. The maximum Gasteiger partial charge on any atom is 0.0917 e. The van der Waals surface area contributed by atoms with Crippen molar-refractivity contribution in [1.29, 1.82) is 0 Å². The molecule has 0 radical (unpaired) electrons. The second kappa shape index (κ2) is 7.36. The molecular weight excluding hydrogens is 210 g/mol. The molecule has 4 heteroatoms. The summed E-state index contributed by atoms with van der Waals surface area (Å²) in [5.41, 5.74) is 0. The van der Waals surface area contributed by atoms with Crippen molar-refractivity contribution < 1.29 is 8.95 Å². The van der Waals surface area contributed by atoms with Crippen molar-refractivity contribution >= 4 is 11.0 Å². The van der Waals surface area contributed by atoms with E-state index in [0.29, 0.717) is 12.0 Å². The van der Waals surface area contributed by atoms with Gasteiger partial charge < -0.3 is 4.74 Å². The van der Waals surface area contributed by atoms with Gasteiger partial charge in [0.05, 0.1) is 11.0 Å². The van der Waals surface area contributed by atoms with Crippen LogP contribution in [0.2, 0.25) is 0 Å². The average molecular weight is 233 g/mol. The van der Waals surface area contributed by atoms with Gasteiger partial charge in [-0.05, 0) is 32.1 Å². The summed E-state index contributed by atoms with van der Waals surface area (Å²) >= 11 is 0. The highest BCUT2D eigenvalue weighted by atomic mass is 32.2. The lowest BCUT2D eigenvalue weighted by atomic mass is 9.94. The van der Waals surface area contributed by atoms with E-state index in [2.05, 4.69) is 18.6 Å². The second-order valence-electron chi connectivity index (χ2n) is 4.26. The fraction of sp³-hybridized carbons (Fsp3) is 1.00. The Labute approximate surface area is 95.6 Å². The van der Waals surface area contributed by atoms with Crippen molar-refractivity contribution in [2.75, 3.05) is 19.0 Å². The van der Waals surface area contributed by atoms with Crippen LogP contribution in [-0.4, -0.2) is 29.2 Å². The molecule has 0 aliphatic carbocycles. The third kappa shape index (κ3) is 5.09. The molecule has 2 unspecified atom stereocenters. The van der Waals surface area contributed by atoms with Gasteiger partial charge in [0.1, 0.15) is 0 Å². The lowest BCUT2D eigenvalue weighted by Gasteiger charge is -2.27. The van der Waals surface area contributed by atoms with E-state index in [1.54, 1.807) is 0 Å². The van der Waals surface area contributed by atoms with Gasteiger partial charge in [-0.1, -0.05) is 13.3 Å². The first-order chi connectivity index (χ1) is 7.24. The van der Waals surface area contributed by atoms with Crippen LogP contribution in [0, 0.1) is 5.92 Å². The number of hydrogen-bond donors (Lipinski definition) is 1. The molecule has 1 rings (SSSR count). The molecule has 1 fully saturated rings. The van der Waals surface area contributed by atoms with Crippen molar-refractivity contribution in [2.45, 2.75) is 45.6 Å². The largest absolute Gasteiger partial charge is 0.381 e. The van der Waals surface area contributed by atoms with Crippen LogP contribution in [0.1, 0.15) is 39.5 Å². The topological polar surface area (TPSA) is 38.3 Å². The smallest absolute Gasteiger partial charge is 0.0917 e. The molecule has 2 atom stereocenters. The molecule has 0 saturated carbocycles. The Morgan fingerprint density at radius 3 is 2.73 bits per heavy atom. The fourth-order valence-electron chi connectivity index (χ4n) is 1.85. The van der Waals surface area contributed by atoms with Gasteiger partial charge in [0.15, 0.2) is 0 Å². The van der Waals surface area contributed by atoms with Crippen LogP contribution in [0.15, 0.2) is 0 Å². The summed E-state index contributed by atoms with van der Waals surface area (Å²) in [6.45, 7) is 5.98. The number of ether oxygens (including phenoxy) is 1. The molecule has 0 aromatic rings. The summed E-state index contributed by atoms with van der Waals surface area (Å²) in [7, 11) is -0.842. The Bertz CT molecular complexity index is 193. The molecule has 1 saturated heterocycles. The van der Waals surface area contributed by atoms with E-state index in [9.17, 15) is 4.21 Å². The van der Waals surface area contributed by atoms with E-state index in [-0.39, 0.29) is 0 Å². The van der Waals surface area contributed by atoms with E-state index < -0.39 is 11.0 Å². The third-order valence-corrected chi connectivity index (χ3v) is 4.27. The van der Waals surface area contributed by atoms with Gasteiger partial charge in [-0.3, -0.25) is 0 Å². The summed E-state index contributed by atoms with van der Waals surface area (Å²) in [6.07, 6.45) is 4.34. The Morgan fingerprint density at radius 2 is 2.13 bits per heavy atom. The van der Waals surface area contributed by atoms with Crippen LogP contribution in [-0.2, 0) is 15.7 Å². The van der Waals surface area contributed by atoms with Crippen LogP contribution in [0.4, 0.5) is 0 Å². The molecule has 1 aliphatic rings. The zero-order valence-corrected chi connectivity index (χ0v) is 10.6. The molecule has 3 nitrogen and oxygen atoms in total. The van der Waals surface area contributed by atoms with Crippen LogP contribution >= 0.6 is 0 Å². The lowest BCUT2D eigenvalue weighted by molar-refractivity contribution is 0.0587. The van der Waals surface area contributed by atoms with E-state index in [1.165, 1.54) is 0 Å². The Kier molecular flexibility index (Phi) is 6.45. The van der Waals surface area contributed by atoms with Gasteiger partial charge in [0.25, 0.3) is 0 Å². The van der Waals surface area contributed by atoms with Crippen LogP contribution in [0.5, 0.6) is 0 Å². The number of nitrogens with one attached hydrogen (secondary N) is 1. The Balaban J connectivity index is 2.21. The third-order valence-electron chi connectivity index (χ3n) is 2.97. The first-order valence-corrected chi connectivity index (χ1v) is 7.28. The standard InChI is InChI=1S/C11H23NO2S/c1-3-4-9-15(13)12-10(2)11-5-7-14-8-6-11/h10-12H,3-9H2,1-2H3. The second-order valence-corrected chi connectivity index (χ2v) is 5.59. The summed E-state index contributed by atoms with van der Waals surface area (Å²) in [6, 6.07) is 0.353. The minimum absolute atomic E-state index is 0.353. The van der Waals surface area contributed by atoms with Gasteiger partial charge in [-0.15, -0.1) is 0 Å².